The van der Waals surface area contributed by atoms with Crippen molar-refractivity contribution in [1.82, 2.24) is 9.78 Å². The molecule has 0 radical (unpaired) electrons. The Hall–Kier alpha value is -2.10. The van der Waals surface area contributed by atoms with E-state index in [1.165, 1.54) is 5.56 Å². The highest BCUT2D eigenvalue weighted by Crippen LogP contribution is 2.25. The fraction of sp³-hybridized carbons (Fsp3) is 0.474. The molecule has 0 saturated carbocycles. The number of carbonyl (C=O) groups excluding carboxylic acids is 1. The van der Waals surface area contributed by atoms with Crippen LogP contribution in [-0.4, -0.2) is 15.7 Å². The lowest BCUT2D eigenvalue weighted by Crippen LogP contribution is -2.13. The second kappa shape index (κ2) is 5.84. The first kappa shape index (κ1) is 15.8. The van der Waals surface area contributed by atoms with Crippen LogP contribution >= 0.6 is 0 Å². The summed E-state index contributed by atoms with van der Waals surface area (Å²) in [5, 5.41) is 4.42. The van der Waals surface area contributed by atoms with Crippen molar-refractivity contribution in [2.75, 3.05) is 0 Å². The van der Waals surface area contributed by atoms with Gasteiger partial charge in [-0.2, -0.15) is 5.10 Å². The average Bonchev–Trinajstić information content (AvgIpc) is 3.04. The largest absolute Gasteiger partial charge is 0.456 e. The number of nitrogens with zero attached hydrogens (tertiary/aromatic N) is 2. The molecule has 0 saturated heterocycles. The third-order valence-corrected chi connectivity index (χ3v) is 4.45. The van der Waals surface area contributed by atoms with Crippen LogP contribution in [-0.2, 0) is 36.6 Å². The van der Waals surface area contributed by atoms with Crippen molar-refractivity contribution in [2.45, 2.75) is 52.1 Å². The number of benzene rings is 1. The first-order valence-corrected chi connectivity index (χ1v) is 8.17. The van der Waals surface area contributed by atoms with E-state index in [1.807, 2.05) is 19.2 Å². The molecule has 0 spiro atoms. The lowest BCUT2D eigenvalue weighted by Gasteiger charge is -2.19. The summed E-state index contributed by atoms with van der Waals surface area (Å²) in [6, 6.07) is 8.26. The standard InChI is InChI=1S/C19H24N2O2/c1-19(2,3)14-10-8-13(9-11-14)12-23-18(22)17-15-6-5-7-16(15)20-21(17)4/h8-11H,5-7,12H2,1-4H3. The molecule has 2 aromatic rings. The molecule has 3 rings (SSSR count). The first-order valence-electron chi connectivity index (χ1n) is 8.17. The van der Waals surface area contributed by atoms with Gasteiger partial charge in [0.2, 0.25) is 0 Å². The summed E-state index contributed by atoms with van der Waals surface area (Å²) in [6.45, 7) is 6.85. The maximum atomic E-state index is 12.4. The molecule has 0 unspecified atom stereocenters. The van der Waals surface area contributed by atoms with Gasteiger partial charge in [0.15, 0.2) is 0 Å². The highest BCUT2D eigenvalue weighted by Gasteiger charge is 2.26. The molecular formula is C19H24N2O2. The number of aromatic nitrogens is 2. The van der Waals surface area contributed by atoms with Crippen LogP contribution in [0.2, 0.25) is 0 Å². The summed E-state index contributed by atoms with van der Waals surface area (Å²) >= 11 is 0. The molecule has 0 N–H and O–H groups in total. The van der Waals surface area contributed by atoms with Crippen molar-refractivity contribution in [2.24, 2.45) is 7.05 Å². The van der Waals surface area contributed by atoms with Gasteiger partial charge in [-0.1, -0.05) is 45.0 Å². The van der Waals surface area contributed by atoms with Gasteiger partial charge in [0, 0.05) is 12.6 Å². The van der Waals surface area contributed by atoms with Gasteiger partial charge in [-0.15, -0.1) is 0 Å². The van der Waals surface area contributed by atoms with Crippen LogP contribution in [0.5, 0.6) is 0 Å². The number of rotatable bonds is 3. The molecular weight excluding hydrogens is 288 g/mol. The number of carbonyl (C=O) groups is 1. The highest BCUT2D eigenvalue weighted by atomic mass is 16.5. The van der Waals surface area contributed by atoms with E-state index in [0.29, 0.717) is 12.3 Å². The topological polar surface area (TPSA) is 44.1 Å². The molecule has 0 fully saturated rings. The number of aryl methyl sites for hydroxylation is 2. The van der Waals surface area contributed by atoms with E-state index in [-0.39, 0.29) is 11.4 Å². The Balaban J connectivity index is 1.68. The first-order chi connectivity index (χ1) is 10.9. The quantitative estimate of drug-likeness (QED) is 0.814. The van der Waals surface area contributed by atoms with Gasteiger partial charge >= 0.3 is 5.97 Å². The number of ether oxygens (including phenoxy) is 1. The molecule has 122 valence electrons. The lowest BCUT2D eigenvalue weighted by atomic mass is 9.87. The molecule has 1 aromatic heterocycles. The minimum Gasteiger partial charge on any atom is -0.456 e. The van der Waals surface area contributed by atoms with Crippen LogP contribution in [0.25, 0.3) is 0 Å². The Morgan fingerprint density at radius 3 is 2.57 bits per heavy atom. The fourth-order valence-corrected chi connectivity index (χ4v) is 3.09. The van der Waals surface area contributed by atoms with Crippen LogP contribution in [0.4, 0.5) is 0 Å². The third-order valence-electron chi connectivity index (χ3n) is 4.45. The molecule has 1 heterocycles. The van der Waals surface area contributed by atoms with E-state index in [0.717, 1.165) is 36.1 Å². The van der Waals surface area contributed by atoms with Crippen LogP contribution in [0.15, 0.2) is 24.3 Å². The van der Waals surface area contributed by atoms with Crippen molar-refractivity contribution in [3.05, 3.63) is 52.3 Å². The van der Waals surface area contributed by atoms with Crippen LogP contribution in [0, 0.1) is 0 Å². The molecule has 0 amide bonds. The van der Waals surface area contributed by atoms with Gasteiger partial charge in [0.05, 0.1) is 5.69 Å². The predicted molar refractivity (Wildman–Crippen MR) is 89.5 cm³/mol. The minimum absolute atomic E-state index is 0.129. The maximum absolute atomic E-state index is 12.4. The predicted octanol–water partition coefficient (Wildman–Crippen LogP) is 3.56. The van der Waals surface area contributed by atoms with Crippen LogP contribution in [0.1, 0.15) is 60.1 Å². The zero-order chi connectivity index (χ0) is 16.6. The van der Waals surface area contributed by atoms with Gasteiger partial charge in [0.25, 0.3) is 0 Å². The number of fused-ring (bicyclic) bond motifs is 1. The van der Waals surface area contributed by atoms with Crippen LogP contribution < -0.4 is 0 Å². The van der Waals surface area contributed by atoms with Crippen molar-refractivity contribution in [1.29, 1.82) is 0 Å². The minimum atomic E-state index is -0.275. The monoisotopic (exact) mass is 312 g/mol. The van der Waals surface area contributed by atoms with Crippen LogP contribution in [0.3, 0.4) is 0 Å². The Kier molecular flexibility index (Phi) is 4.00. The van der Waals surface area contributed by atoms with Crippen molar-refractivity contribution in [3.63, 3.8) is 0 Å². The van der Waals surface area contributed by atoms with Gasteiger partial charge in [-0.25, -0.2) is 4.79 Å². The maximum Gasteiger partial charge on any atom is 0.357 e. The van der Waals surface area contributed by atoms with E-state index in [1.54, 1.807) is 4.68 Å². The SMILES string of the molecule is Cn1nc2c(c1C(=O)OCc1ccc(C(C)(C)C)cc1)CCC2. The number of esters is 1. The van der Waals surface area contributed by atoms with Crippen molar-refractivity contribution in [3.8, 4) is 0 Å². The highest BCUT2D eigenvalue weighted by molar-refractivity contribution is 5.89. The Morgan fingerprint density at radius 2 is 1.91 bits per heavy atom. The second-order valence-corrected chi connectivity index (χ2v) is 7.27. The zero-order valence-corrected chi connectivity index (χ0v) is 14.3. The van der Waals surface area contributed by atoms with E-state index in [2.05, 4.69) is 38.0 Å². The van der Waals surface area contributed by atoms with E-state index < -0.39 is 0 Å². The summed E-state index contributed by atoms with van der Waals surface area (Å²) in [4.78, 5) is 12.4. The van der Waals surface area contributed by atoms with E-state index in [4.69, 9.17) is 4.74 Å². The van der Waals surface area contributed by atoms with Gasteiger partial charge in [0.1, 0.15) is 12.3 Å². The van der Waals surface area contributed by atoms with Crippen molar-refractivity contribution >= 4 is 5.97 Å². The zero-order valence-electron chi connectivity index (χ0n) is 14.3. The normalized spacial score (nSPS) is 13.9. The average molecular weight is 312 g/mol. The fourth-order valence-electron chi connectivity index (χ4n) is 3.09. The van der Waals surface area contributed by atoms with Crippen molar-refractivity contribution < 1.29 is 9.53 Å². The third kappa shape index (κ3) is 3.16. The van der Waals surface area contributed by atoms with E-state index in [9.17, 15) is 4.79 Å². The smallest absolute Gasteiger partial charge is 0.357 e. The Labute approximate surface area is 137 Å². The Morgan fingerprint density at radius 1 is 1.22 bits per heavy atom. The lowest BCUT2D eigenvalue weighted by molar-refractivity contribution is 0.0458. The molecule has 1 aliphatic rings. The molecule has 0 bridgehead atoms. The summed E-state index contributed by atoms with van der Waals surface area (Å²) in [5.74, 6) is -0.275. The summed E-state index contributed by atoms with van der Waals surface area (Å²) in [7, 11) is 1.81. The molecule has 4 heteroatoms. The number of hydrogen-bond donors (Lipinski definition) is 0. The molecule has 1 aliphatic carbocycles. The molecule has 1 aromatic carbocycles. The Bertz CT molecular complexity index is 721. The number of hydrogen-bond acceptors (Lipinski definition) is 3. The van der Waals surface area contributed by atoms with Gasteiger partial charge < -0.3 is 4.74 Å². The summed E-state index contributed by atoms with van der Waals surface area (Å²) in [5.41, 5.74) is 5.14. The molecule has 23 heavy (non-hydrogen) atoms. The van der Waals surface area contributed by atoms with E-state index >= 15 is 0 Å². The molecule has 0 aliphatic heterocycles. The van der Waals surface area contributed by atoms with Gasteiger partial charge in [-0.05, 0) is 35.8 Å². The summed E-state index contributed by atoms with van der Waals surface area (Å²) in [6.07, 6.45) is 2.96. The second-order valence-electron chi connectivity index (χ2n) is 7.27. The summed E-state index contributed by atoms with van der Waals surface area (Å²) < 4.78 is 7.17. The van der Waals surface area contributed by atoms with Gasteiger partial charge in [-0.3, -0.25) is 4.68 Å². The molecule has 0 atom stereocenters. The molecule has 4 nitrogen and oxygen atoms in total.